The fourth-order valence-corrected chi connectivity index (χ4v) is 2.34. The van der Waals surface area contributed by atoms with Gasteiger partial charge in [0.2, 0.25) is 0 Å². The monoisotopic (exact) mass is 219 g/mol. The van der Waals surface area contributed by atoms with Crippen LogP contribution >= 0.6 is 0 Å². The molecule has 0 bridgehead atoms. The number of benzene rings is 1. The molecule has 0 aliphatic carbocycles. The first-order valence-corrected chi connectivity index (χ1v) is 6.09. The zero-order valence-corrected chi connectivity index (χ0v) is 10.2. The fraction of sp³-hybridized carbons (Fsp3) is 0.571. The van der Waals surface area contributed by atoms with Gasteiger partial charge in [0.05, 0.1) is 5.60 Å². The highest BCUT2D eigenvalue weighted by atomic mass is 16.3. The molecule has 0 amide bonds. The largest absolute Gasteiger partial charge is 0.390 e. The molecule has 1 aromatic rings. The van der Waals surface area contributed by atoms with E-state index in [1.165, 1.54) is 24.0 Å². The van der Waals surface area contributed by atoms with Crippen LogP contribution < -0.4 is 5.32 Å². The van der Waals surface area contributed by atoms with Crippen LogP contribution in [-0.2, 0) is 6.42 Å². The summed E-state index contributed by atoms with van der Waals surface area (Å²) in [5.41, 5.74) is 1.96. The molecule has 1 unspecified atom stereocenters. The van der Waals surface area contributed by atoms with Crippen molar-refractivity contribution in [2.24, 2.45) is 0 Å². The Morgan fingerprint density at radius 2 is 2.00 bits per heavy atom. The van der Waals surface area contributed by atoms with Crippen LogP contribution in [0.1, 0.15) is 43.9 Å². The molecular formula is C14H21NO. The highest BCUT2D eigenvalue weighted by Gasteiger charge is 2.17. The third kappa shape index (κ3) is 3.06. The van der Waals surface area contributed by atoms with E-state index in [4.69, 9.17) is 0 Å². The van der Waals surface area contributed by atoms with Gasteiger partial charge in [0.1, 0.15) is 0 Å². The van der Waals surface area contributed by atoms with E-state index in [2.05, 4.69) is 29.6 Å². The molecule has 0 saturated carbocycles. The summed E-state index contributed by atoms with van der Waals surface area (Å²) < 4.78 is 0. The third-order valence-electron chi connectivity index (χ3n) is 3.08. The van der Waals surface area contributed by atoms with Gasteiger partial charge in [-0.1, -0.05) is 24.3 Å². The number of rotatable bonds is 3. The van der Waals surface area contributed by atoms with Crippen molar-refractivity contribution in [3.63, 3.8) is 0 Å². The van der Waals surface area contributed by atoms with Crippen molar-refractivity contribution in [2.75, 3.05) is 6.54 Å². The van der Waals surface area contributed by atoms with Crippen LogP contribution in [-0.4, -0.2) is 17.3 Å². The lowest BCUT2D eigenvalue weighted by molar-refractivity contribution is 0.0810. The number of nitrogens with one attached hydrogen (secondary N) is 1. The van der Waals surface area contributed by atoms with Crippen LogP contribution in [0.5, 0.6) is 0 Å². The van der Waals surface area contributed by atoms with Crippen LogP contribution in [0.4, 0.5) is 0 Å². The minimum Gasteiger partial charge on any atom is -0.390 e. The molecule has 1 saturated heterocycles. The molecule has 0 aromatic heterocycles. The third-order valence-corrected chi connectivity index (χ3v) is 3.08. The van der Waals surface area contributed by atoms with Gasteiger partial charge in [0, 0.05) is 12.5 Å². The molecule has 1 heterocycles. The van der Waals surface area contributed by atoms with Crippen molar-refractivity contribution in [2.45, 2.75) is 44.8 Å². The average Bonchev–Trinajstić information content (AvgIpc) is 2.69. The SMILES string of the molecule is CC(C)(O)Cc1ccc(C2CCCN2)cc1. The maximum Gasteiger partial charge on any atom is 0.0631 e. The smallest absolute Gasteiger partial charge is 0.0631 e. The molecular weight excluding hydrogens is 198 g/mol. The Kier molecular flexibility index (Phi) is 3.31. The van der Waals surface area contributed by atoms with E-state index >= 15 is 0 Å². The van der Waals surface area contributed by atoms with Crippen molar-refractivity contribution < 1.29 is 5.11 Å². The van der Waals surface area contributed by atoms with Crippen LogP contribution in [0.25, 0.3) is 0 Å². The van der Waals surface area contributed by atoms with Crippen LogP contribution in [0.3, 0.4) is 0 Å². The first-order valence-electron chi connectivity index (χ1n) is 6.09. The second-order valence-electron chi connectivity index (χ2n) is 5.38. The Labute approximate surface area is 97.7 Å². The minimum atomic E-state index is -0.618. The van der Waals surface area contributed by atoms with Crippen molar-refractivity contribution in [3.05, 3.63) is 35.4 Å². The summed E-state index contributed by atoms with van der Waals surface area (Å²) in [6, 6.07) is 9.17. The van der Waals surface area contributed by atoms with E-state index in [0.29, 0.717) is 12.5 Å². The fourth-order valence-electron chi connectivity index (χ4n) is 2.34. The molecule has 2 N–H and O–H groups in total. The summed E-state index contributed by atoms with van der Waals surface area (Å²) in [6.07, 6.45) is 3.23. The quantitative estimate of drug-likeness (QED) is 0.818. The normalized spacial score (nSPS) is 21.3. The van der Waals surface area contributed by atoms with E-state index in [1.807, 2.05) is 13.8 Å². The molecule has 1 atom stereocenters. The Morgan fingerprint density at radius 3 is 2.50 bits per heavy atom. The minimum absolute atomic E-state index is 0.538. The van der Waals surface area contributed by atoms with Gasteiger partial charge in [-0.25, -0.2) is 0 Å². The van der Waals surface area contributed by atoms with E-state index in [9.17, 15) is 5.11 Å². The van der Waals surface area contributed by atoms with Crippen molar-refractivity contribution >= 4 is 0 Å². The summed E-state index contributed by atoms with van der Waals surface area (Å²) in [7, 11) is 0. The topological polar surface area (TPSA) is 32.3 Å². The number of aliphatic hydroxyl groups is 1. The first-order chi connectivity index (χ1) is 7.54. The van der Waals surface area contributed by atoms with Crippen molar-refractivity contribution in [1.82, 2.24) is 5.32 Å². The van der Waals surface area contributed by atoms with E-state index in [-0.39, 0.29) is 0 Å². The second-order valence-corrected chi connectivity index (χ2v) is 5.38. The molecule has 88 valence electrons. The van der Waals surface area contributed by atoms with Crippen LogP contribution in [0, 0.1) is 0 Å². The van der Waals surface area contributed by atoms with Crippen LogP contribution in [0.15, 0.2) is 24.3 Å². The number of hydrogen-bond donors (Lipinski definition) is 2. The Balaban J connectivity index is 2.04. The average molecular weight is 219 g/mol. The highest BCUT2D eigenvalue weighted by molar-refractivity contribution is 5.26. The van der Waals surface area contributed by atoms with E-state index in [0.717, 1.165) is 6.54 Å². The summed E-state index contributed by atoms with van der Waals surface area (Å²) in [4.78, 5) is 0. The lowest BCUT2D eigenvalue weighted by Crippen LogP contribution is -2.21. The zero-order valence-electron chi connectivity index (χ0n) is 10.2. The molecule has 1 aliphatic rings. The van der Waals surface area contributed by atoms with Gasteiger partial charge < -0.3 is 10.4 Å². The lowest BCUT2D eigenvalue weighted by atomic mass is 9.96. The predicted octanol–water partition coefficient (Wildman–Crippen LogP) is 2.42. The van der Waals surface area contributed by atoms with Crippen molar-refractivity contribution in [3.8, 4) is 0 Å². The summed E-state index contributed by atoms with van der Waals surface area (Å²) >= 11 is 0. The van der Waals surface area contributed by atoms with Gasteiger partial charge in [0.15, 0.2) is 0 Å². The molecule has 1 fully saturated rings. The molecule has 2 heteroatoms. The summed E-state index contributed by atoms with van der Waals surface area (Å²) in [6.45, 7) is 4.83. The molecule has 16 heavy (non-hydrogen) atoms. The molecule has 2 nitrogen and oxygen atoms in total. The molecule has 1 aromatic carbocycles. The molecule has 0 radical (unpaired) electrons. The molecule has 1 aliphatic heterocycles. The van der Waals surface area contributed by atoms with Crippen molar-refractivity contribution in [1.29, 1.82) is 0 Å². The Morgan fingerprint density at radius 1 is 1.31 bits per heavy atom. The van der Waals surface area contributed by atoms with Gasteiger partial charge in [0.25, 0.3) is 0 Å². The van der Waals surface area contributed by atoms with E-state index < -0.39 is 5.60 Å². The molecule has 0 spiro atoms. The van der Waals surface area contributed by atoms with Gasteiger partial charge >= 0.3 is 0 Å². The van der Waals surface area contributed by atoms with Crippen LogP contribution in [0.2, 0.25) is 0 Å². The summed E-state index contributed by atoms with van der Waals surface area (Å²) in [5.74, 6) is 0. The second kappa shape index (κ2) is 4.56. The summed E-state index contributed by atoms with van der Waals surface area (Å²) in [5, 5.41) is 13.2. The Hall–Kier alpha value is -0.860. The highest BCUT2D eigenvalue weighted by Crippen LogP contribution is 2.23. The predicted molar refractivity (Wildman–Crippen MR) is 66.4 cm³/mol. The van der Waals surface area contributed by atoms with Gasteiger partial charge in [-0.15, -0.1) is 0 Å². The van der Waals surface area contributed by atoms with Gasteiger partial charge in [-0.2, -0.15) is 0 Å². The standard InChI is InChI=1S/C14H21NO/c1-14(2,16)10-11-5-7-12(8-6-11)13-4-3-9-15-13/h5-8,13,15-16H,3-4,9-10H2,1-2H3. The van der Waals surface area contributed by atoms with Gasteiger partial charge in [-0.05, 0) is 44.4 Å². The maximum absolute atomic E-state index is 9.74. The number of hydrogen-bond acceptors (Lipinski definition) is 2. The Bertz CT molecular complexity index is 331. The van der Waals surface area contributed by atoms with Gasteiger partial charge in [-0.3, -0.25) is 0 Å². The zero-order chi connectivity index (χ0) is 11.6. The lowest BCUT2D eigenvalue weighted by Gasteiger charge is -2.17. The van der Waals surface area contributed by atoms with E-state index in [1.54, 1.807) is 0 Å². The first kappa shape index (κ1) is 11.6. The maximum atomic E-state index is 9.74. The molecule has 2 rings (SSSR count).